The molecule has 4 nitrogen and oxygen atoms in total. The largest absolute Gasteiger partial charge is 0.330 e. The second-order valence-electron chi connectivity index (χ2n) is 4.46. The van der Waals surface area contributed by atoms with Gasteiger partial charge in [-0.25, -0.2) is 5.01 Å². The van der Waals surface area contributed by atoms with Crippen LogP contribution < -0.4 is 10.7 Å². The van der Waals surface area contributed by atoms with Crippen LogP contribution in [0.25, 0.3) is 0 Å². The molecule has 96 valence electrons. The molecule has 0 aliphatic carbocycles. The van der Waals surface area contributed by atoms with Gasteiger partial charge in [0.1, 0.15) is 0 Å². The second-order valence-corrected chi connectivity index (χ2v) is 4.46. The smallest absolute Gasteiger partial charge is 0.247 e. The van der Waals surface area contributed by atoms with Gasteiger partial charge in [-0.1, -0.05) is 12.1 Å². The van der Waals surface area contributed by atoms with Gasteiger partial charge in [-0.15, -0.1) is 0 Å². The van der Waals surface area contributed by atoms with E-state index in [0.717, 1.165) is 37.9 Å². The number of carbonyl (C=O) groups excluding carboxylic acids is 1. The number of hydrazone groups is 1. The van der Waals surface area contributed by atoms with Crippen LogP contribution in [0.4, 0.5) is 5.69 Å². The summed E-state index contributed by atoms with van der Waals surface area (Å²) in [4.78, 5) is 11.8. The number of carbonyl (C=O) groups is 1. The number of hydrogen-bond acceptors (Lipinski definition) is 3. The highest BCUT2D eigenvalue weighted by molar-refractivity contribution is 5.96. The zero-order valence-electron chi connectivity index (χ0n) is 10.5. The van der Waals surface area contributed by atoms with Crippen LogP contribution in [-0.2, 0) is 11.2 Å². The molecule has 18 heavy (non-hydrogen) atoms. The van der Waals surface area contributed by atoms with Crippen molar-refractivity contribution < 1.29 is 4.79 Å². The Labute approximate surface area is 107 Å². The summed E-state index contributed by atoms with van der Waals surface area (Å²) >= 11 is 0. The molecule has 1 heterocycles. The van der Waals surface area contributed by atoms with Crippen LogP contribution in [0, 0.1) is 0 Å². The van der Waals surface area contributed by atoms with Gasteiger partial charge in [0.05, 0.1) is 5.69 Å². The number of rotatable bonds is 5. The maximum atomic E-state index is 11.8. The highest BCUT2D eigenvalue weighted by atomic mass is 16.2. The molecule has 2 N–H and O–H groups in total. The van der Waals surface area contributed by atoms with Gasteiger partial charge in [0.2, 0.25) is 5.91 Å². The number of aryl methyl sites for hydroxylation is 1. The third-order valence-electron chi connectivity index (χ3n) is 3.00. The van der Waals surface area contributed by atoms with Crippen molar-refractivity contribution in [3.63, 3.8) is 0 Å². The summed E-state index contributed by atoms with van der Waals surface area (Å²) in [7, 11) is 0. The van der Waals surface area contributed by atoms with Crippen LogP contribution in [0.5, 0.6) is 0 Å². The predicted molar refractivity (Wildman–Crippen MR) is 73.6 cm³/mol. The number of hydrogen-bond donors (Lipinski definition) is 1. The lowest BCUT2D eigenvalue weighted by Crippen LogP contribution is -2.28. The van der Waals surface area contributed by atoms with Crippen LogP contribution in [-0.4, -0.2) is 18.7 Å². The molecular weight excluding hydrogens is 226 g/mol. The van der Waals surface area contributed by atoms with Gasteiger partial charge >= 0.3 is 0 Å². The van der Waals surface area contributed by atoms with Crippen molar-refractivity contribution in [2.45, 2.75) is 32.1 Å². The van der Waals surface area contributed by atoms with Gasteiger partial charge in [-0.05, 0) is 49.9 Å². The first-order valence-corrected chi connectivity index (χ1v) is 6.45. The van der Waals surface area contributed by atoms with Gasteiger partial charge in [-0.2, -0.15) is 5.10 Å². The minimum atomic E-state index is 0.0663. The number of unbranched alkanes of at least 4 members (excludes halogenated alkanes) is 1. The van der Waals surface area contributed by atoms with E-state index < -0.39 is 0 Å². The zero-order chi connectivity index (χ0) is 12.8. The Morgan fingerprint density at radius 1 is 1.33 bits per heavy atom. The first-order chi connectivity index (χ1) is 8.81. The minimum absolute atomic E-state index is 0.0663. The third kappa shape index (κ3) is 3.17. The van der Waals surface area contributed by atoms with E-state index in [9.17, 15) is 4.79 Å². The van der Waals surface area contributed by atoms with Gasteiger partial charge in [0.25, 0.3) is 0 Å². The molecule has 1 aliphatic rings. The summed E-state index contributed by atoms with van der Waals surface area (Å²) in [6.07, 6.45) is 6.19. The maximum absolute atomic E-state index is 11.8. The highest BCUT2D eigenvalue weighted by Gasteiger charge is 2.17. The molecule has 1 amide bonds. The molecule has 0 saturated heterocycles. The Morgan fingerprint density at radius 2 is 2.22 bits per heavy atom. The van der Waals surface area contributed by atoms with E-state index in [1.165, 1.54) is 10.6 Å². The summed E-state index contributed by atoms with van der Waals surface area (Å²) < 4.78 is 0. The van der Waals surface area contributed by atoms with Crippen molar-refractivity contribution in [3.05, 3.63) is 29.8 Å². The Kier molecular flexibility index (Phi) is 4.47. The Bertz CT molecular complexity index is 442. The lowest BCUT2D eigenvalue weighted by atomic mass is 10.1. The summed E-state index contributed by atoms with van der Waals surface area (Å²) in [5, 5.41) is 5.65. The van der Waals surface area contributed by atoms with E-state index in [4.69, 9.17) is 5.73 Å². The summed E-state index contributed by atoms with van der Waals surface area (Å²) in [5.74, 6) is 0.0663. The third-order valence-corrected chi connectivity index (χ3v) is 3.00. The molecule has 4 heteroatoms. The van der Waals surface area contributed by atoms with Gasteiger partial charge in [-0.3, -0.25) is 4.79 Å². The number of amides is 1. The average Bonchev–Trinajstić information content (AvgIpc) is 2.40. The molecule has 2 rings (SSSR count). The van der Waals surface area contributed by atoms with Crippen LogP contribution in [0.2, 0.25) is 0 Å². The van der Waals surface area contributed by atoms with Crippen molar-refractivity contribution in [3.8, 4) is 0 Å². The topological polar surface area (TPSA) is 58.7 Å². The Balaban J connectivity index is 2.08. The van der Waals surface area contributed by atoms with E-state index in [2.05, 4.69) is 11.2 Å². The van der Waals surface area contributed by atoms with Crippen molar-refractivity contribution in [1.82, 2.24) is 0 Å². The molecule has 0 atom stereocenters. The van der Waals surface area contributed by atoms with E-state index in [-0.39, 0.29) is 5.91 Å². The molecule has 0 spiro atoms. The standard InChI is InChI=1S/C14H19N3O/c15-9-2-1-5-12-6-3-7-13(11-12)17-14(18)8-4-10-16-17/h3,6-7,10-11H,1-2,4-5,8-9,15H2. The fraction of sp³-hybridized carbons (Fsp3) is 0.429. The monoisotopic (exact) mass is 245 g/mol. The maximum Gasteiger partial charge on any atom is 0.247 e. The summed E-state index contributed by atoms with van der Waals surface area (Å²) in [5.41, 5.74) is 7.58. The van der Waals surface area contributed by atoms with Crippen LogP contribution in [0.3, 0.4) is 0 Å². The van der Waals surface area contributed by atoms with Crippen molar-refractivity contribution >= 4 is 17.8 Å². The molecule has 0 unspecified atom stereocenters. The Morgan fingerprint density at radius 3 is 3.00 bits per heavy atom. The van der Waals surface area contributed by atoms with Crippen molar-refractivity contribution in [2.24, 2.45) is 10.8 Å². The normalized spacial score (nSPS) is 15.2. The van der Waals surface area contributed by atoms with E-state index >= 15 is 0 Å². The number of benzene rings is 1. The average molecular weight is 245 g/mol. The second kappa shape index (κ2) is 6.31. The van der Waals surface area contributed by atoms with E-state index in [1.54, 1.807) is 6.21 Å². The molecule has 0 aromatic heterocycles. The molecule has 0 fully saturated rings. The van der Waals surface area contributed by atoms with Gasteiger partial charge in [0, 0.05) is 12.6 Å². The van der Waals surface area contributed by atoms with Crippen molar-refractivity contribution in [1.29, 1.82) is 0 Å². The fourth-order valence-electron chi connectivity index (χ4n) is 2.03. The van der Waals surface area contributed by atoms with Gasteiger partial charge < -0.3 is 5.73 Å². The first kappa shape index (κ1) is 12.8. The molecule has 0 bridgehead atoms. The van der Waals surface area contributed by atoms with Crippen LogP contribution >= 0.6 is 0 Å². The highest BCUT2D eigenvalue weighted by Crippen LogP contribution is 2.20. The lowest BCUT2D eigenvalue weighted by molar-refractivity contribution is -0.118. The van der Waals surface area contributed by atoms with E-state index in [1.807, 2.05) is 18.2 Å². The van der Waals surface area contributed by atoms with Crippen molar-refractivity contribution in [2.75, 3.05) is 11.6 Å². The van der Waals surface area contributed by atoms with Crippen LogP contribution in [0.15, 0.2) is 29.4 Å². The number of nitrogens with two attached hydrogens (primary N) is 1. The summed E-state index contributed by atoms with van der Waals surface area (Å²) in [6.45, 7) is 0.731. The minimum Gasteiger partial charge on any atom is -0.330 e. The molecule has 0 radical (unpaired) electrons. The lowest BCUT2D eigenvalue weighted by Gasteiger charge is -2.20. The predicted octanol–water partition coefficient (Wildman–Crippen LogP) is 2.08. The van der Waals surface area contributed by atoms with E-state index in [0.29, 0.717) is 6.42 Å². The zero-order valence-corrected chi connectivity index (χ0v) is 10.5. The molecule has 1 aromatic carbocycles. The molecule has 0 saturated carbocycles. The quantitative estimate of drug-likeness (QED) is 0.807. The fourth-order valence-corrected chi connectivity index (χ4v) is 2.03. The number of nitrogens with zero attached hydrogens (tertiary/aromatic N) is 2. The van der Waals surface area contributed by atoms with Gasteiger partial charge in [0.15, 0.2) is 0 Å². The Hall–Kier alpha value is -1.68. The molecule has 1 aliphatic heterocycles. The SMILES string of the molecule is NCCCCc1cccc(N2N=CCCC2=O)c1. The number of anilines is 1. The first-order valence-electron chi connectivity index (χ1n) is 6.45. The molecule has 1 aromatic rings. The summed E-state index contributed by atoms with van der Waals surface area (Å²) in [6, 6.07) is 8.02. The van der Waals surface area contributed by atoms with Crippen LogP contribution in [0.1, 0.15) is 31.2 Å². The molecular formula is C14H19N3O.